The van der Waals surface area contributed by atoms with E-state index < -0.39 is 10.0 Å². The van der Waals surface area contributed by atoms with Crippen molar-refractivity contribution in [3.8, 4) is 5.75 Å². The lowest BCUT2D eigenvalue weighted by Gasteiger charge is -2.12. The molecule has 0 atom stereocenters. The number of aromatic nitrogens is 1. The number of hydrogen-bond donors (Lipinski definition) is 2. The Hall–Kier alpha value is -2.61. The van der Waals surface area contributed by atoms with Crippen LogP contribution in [0.5, 0.6) is 5.75 Å². The van der Waals surface area contributed by atoms with Gasteiger partial charge in [-0.3, -0.25) is 14.5 Å². The third kappa shape index (κ3) is 4.68. The monoisotopic (exact) mass is 335 g/mol. The van der Waals surface area contributed by atoms with Crippen LogP contribution < -0.4 is 14.8 Å². The van der Waals surface area contributed by atoms with E-state index in [4.69, 9.17) is 4.74 Å². The second kappa shape index (κ2) is 6.66. The molecule has 2 aromatic rings. The average molecular weight is 335 g/mol. The molecule has 0 aliphatic rings. The lowest BCUT2D eigenvalue weighted by Crippen LogP contribution is -2.14. The van der Waals surface area contributed by atoms with E-state index in [2.05, 4.69) is 15.0 Å². The number of aryl methyl sites for hydroxylation is 1. The largest absolute Gasteiger partial charge is 0.495 e. The van der Waals surface area contributed by atoms with Crippen LogP contribution in [0.1, 0.15) is 16.1 Å². The van der Waals surface area contributed by atoms with Crippen LogP contribution in [-0.2, 0) is 10.0 Å². The standard InChI is InChI=1S/C15H17N3O4S/c1-10-4-5-11(9-16-10)15(19)17-12-6-7-14(22-2)13(8-12)18-23(3,20)21/h4-9,18H,1-3H3,(H,17,19). The summed E-state index contributed by atoms with van der Waals surface area (Å²) < 4.78 is 30.2. The van der Waals surface area contributed by atoms with Crippen molar-refractivity contribution in [3.63, 3.8) is 0 Å². The first-order valence-corrected chi connectivity index (χ1v) is 8.57. The highest BCUT2D eigenvalue weighted by Gasteiger charge is 2.11. The van der Waals surface area contributed by atoms with E-state index in [0.717, 1.165) is 11.9 Å². The summed E-state index contributed by atoms with van der Waals surface area (Å²) in [6, 6.07) is 8.07. The maximum absolute atomic E-state index is 12.2. The topological polar surface area (TPSA) is 97.4 Å². The summed E-state index contributed by atoms with van der Waals surface area (Å²) in [5.74, 6) is 0.0124. The Balaban J connectivity index is 2.24. The fourth-order valence-corrected chi connectivity index (χ4v) is 2.43. The van der Waals surface area contributed by atoms with Crippen LogP contribution >= 0.6 is 0 Å². The van der Waals surface area contributed by atoms with E-state index in [0.29, 0.717) is 17.0 Å². The number of nitrogens with one attached hydrogen (secondary N) is 2. The van der Waals surface area contributed by atoms with E-state index in [-0.39, 0.29) is 11.6 Å². The number of anilines is 2. The summed E-state index contributed by atoms with van der Waals surface area (Å²) in [5.41, 5.74) is 1.90. The molecule has 8 heteroatoms. The Morgan fingerprint density at radius 1 is 1.22 bits per heavy atom. The van der Waals surface area contributed by atoms with Crippen LogP contribution in [0.2, 0.25) is 0 Å². The van der Waals surface area contributed by atoms with Gasteiger partial charge in [0.15, 0.2) is 0 Å². The second-order valence-electron chi connectivity index (χ2n) is 4.93. The quantitative estimate of drug-likeness (QED) is 0.871. The van der Waals surface area contributed by atoms with Gasteiger partial charge in [-0.15, -0.1) is 0 Å². The van der Waals surface area contributed by atoms with Gasteiger partial charge in [0.25, 0.3) is 5.91 Å². The highest BCUT2D eigenvalue weighted by Crippen LogP contribution is 2.28. The molecule has 0 saturated heterocycles. The highest BCUT2D eigenvalue weighted by atomic mass is 32.2. The van der Waals surface area contributed by atoms with Crippen LogP contribution in [0.15, 0.2) is 36.5 Å². The van der Waals surface area contributed by atoms with Crippen LogP contribution in [0.4, 0.5) is 11.4 Å². The van der Waals surface area contributed by atoms with Gasteiger partial charge in [0, 0.05) is 17.6 Å². The van der Waals surface area contributed by atoms with Gasteiger partial charge < -0.3 is 10.1 Å². The maximum Gasteiger partial charge on any atom is 0.257 e. The van der Waals surface area contributed by atoms with Crippen LogP contribution in [0.25, 0.3) is 0 Å². The Labute approximate surface area is 134 Å². The van der Waals surface area contributed by atoms with Crippen molar-refractivity contribution in [2.75, 3.05) is 23.4 Å². The summed E-state index contributed by atoms with van der Waals surface area (Å²) in [6.45, 7) is 1.83. The number of ether oxygens (including phenoxy) is 1. The van der Waals surface area contributed by atoms with Gasteiger partial charge in [-0.1, -0.05) is 0 Å². The summed E-state index contributed by atoms with van der Waals surface area (Å²) in [4.78, 5) is 16.2. The van der Waals surface area contributed by atoms with Gasteiger partial charge in [0.2, 0.25) is 10.0 Å². The van der Waals surface area contributed by atoms with Crippen molar-refractivity contribution in [2.45, 2.75) is 6.92 Å². The van der Waals surface area contributed by atoms with Crippen LogP contribution in [0.3, 0.4) is 0 Å². The summed E-state index contributed by atoms with van der Waals surface area (Å²) in [5, 5.41) is 2.69. The molecule has 23 heavy (non-hydrogen) atoms. The summed E-state index contributed by atoms with van der Waals surface area (Å²) in [7, 11) is -2.04. The first-order valence-electron chi connectivity index (χ1n) is 6.68. The zero-order valence-corrected chi connectivity index (χ0v) is 13.8. The number of amides is 1. The molecule has 2 rings (SSSR count). The van der Waals surface area contributed by atoms with E-state index in [1.807, 2.05) is 6.92 Å². The van der Waals surface area contributed by atoms with Gasteiger partial charge in [0.05, 0.1) is 24.6 Å². The second-order valence-corrected chi connectivity index (χ2v) is 6.68. The van der Waals surface area contributed by atoms with Gasteiger partial charge in [0.1, 0.15) is 5.75 Å². The third-order valence-electron chi connectivity index (χ3n) is 2.93. The first-order chi connectivity index (χ1) is 10.8. The number of nitrogens with zero attached hydrogens (tertiary/aromatic N) is 1. The molecule has 7 nitrogen and oxygen atoms in total. The zero-order chi connectivity index (χ0) is 17.0. The molecule has 0 aliphatic heterocycles. The van der Waals surface area contributed by atoms with Gasteiger partial charge in [-0.25, -0.2) is 8.42 Å². The molecule has 122 valence electrons. The van der Waals surface area contributed by atoms with Crippen molar-refractivity contribution < 1.29 is 17.9 Å². The molecule has 0 unspecified atom stereocenters. The van der Waals surface area contributed by atoms with E-state index >= 15 is 0 Å². The Morgan fingerprint density at radius 3 is 2.52 bits per heavy atom. The fourth-order valence-electron chi connectivity index (χ4n) is 1.87. The molecule has 0 spiro atoms. The van der Waals surface area contributed by atoms with E-state index in [1.165, 1.54) is 19.4 Å². The van der Waals surface area contributed by atoms with Crippen molar-refractivity contribution in [1.29, 1.82) is 0 Å². The summed E-state index contributed by atoms with van der Waals surface area (Å²) >= 11 is 0. The molecule has 1 heterocycles. The average Bonchev–Trinajstić information content (AvgIpc) is 2.46. The number of rotatable bonds is 5. The smallest absolute Gasteiger partial charge is 0.257 e. The number of hydrogen-bond acceptors (Lipinski definition) is 5. The zero-order valence-electron chi connectivity index (χ0n) is 13.0. The molecule has 2 N–H and O–H groups in total. The molecule has 1 aromatic heterocycles. The number of carbonyl (C=O) groups excluding carboxylic acids is 1. The first kappa shape index (κ1) is 16.8. The van der Waals surface area contributed by atoms with Crippen molar-refractivity contribution >= 4 is 27.3 Å². The highest BCUT2D eigenvalue weighted by molar-refractivity contribution is 7.92. The minimum absolute atomic E-state index is 0.245. The van der Waals surface area contributed by atoms with Crippen LogP contribution in [-0.4, -0.2) is 32.7 Å². The SMILES string of the molecule is COc1ccc(NC(=O)c2ccc(C)nc2)cc1NS(C)(=O)=O. The molecule has 0 bridgehead atoms. The lowest BCUT2D eigenvalue weighted by molar-refractivity contribution is 0.102. The molecular formula is C15H17N3O4S. The summed E-state index contributed by atoms with van der Waals surface area (Å²) in [6.07, 6.45) is 2.51. The minimum atomic E-state index is -3.46. The Bertz CT molecular complexity index is 817. The third-order valence-corrected chi connectivity index (χ3v) is 3.52. The van der Waals surface area contributed by atoms with Gasteiger partial charge in [-0.05, 0) is 37.3 Å². The molecular weight excluding hydrogens is 318 g/mol. The number of pyridine rings is 1. The number of sulfonamides is 1. The van der Waals surface area contributed by atoms with Crippen molar-refractivity contribution in [3.05, 3.63) is 47.8 Å². The predicted octanol–water partition coefficient (Wildman–Crippen LogP) is 2.02. The number of benzene rings is 1. The Kier molecular flexibility index (Phi) is 4.85. The number of carbonyl (C=O) groups is 1. The van der Waals surface area contributed by atoms with Gasteiger partial charge in [-0.2, -0.15) is 0 Å². The van der Waals surface area contributed by atoms with Gasteiger partial charge >= 0.3 is 0 Å². The van der Waals surface area contributed by atoms with Crippen molar-refractivity contribution in [1.82, 2.24) is 4.98 Å². The van der Waals surface area contributed by atoms with Crippen molar-refractivity contribution in [2.24, 2.45) is 0 Å². The maximum atomic E-state index is 12.2. The Morgan fingerprint density at radius 2 is 1.96 bits per heavy atom. The molecule has 0 saturated carbocycles. The fraction of sp³-hybridized carbons (Fsp3) is 0.200. The number of methoxy groups -OCH3 is 1. The van der Waals surface area contributed by atoms with E-state index in [9.17, 15) is 13.2 Å². The molecule has 1 amide bonds. The molecule has 1 aromatic carbocycles. The van der Waals surface area contributed by atoms with E-state index in [1.54, 1.807) is 24.3 Å². The molecule has 0 fully saturated rings. The lowest BCUT2D eigenvalue weighted by atomic mass is 10.2. The normalized spacial score (nSPS) is 10.9. The molecule has 0 aliphatic carbocycles. The van der Waals surface area contributed by atoms with Crippen LogP contribution in [0, 0.1) is 6.92 Å². The predicted molar refractivity (Wildman–Crippen MR) is 88.4 cm³/mol. The minimum Gasteiger partial charge on any atom is -0.495 e. The molecule has 0 radical (unpaired) electrons.